The van der Waals surface area contributed by atoms with E-state index in [1.807, 2.05) is 0 Å². The van der Waals surface area contributed by atoms with Gasteiger partial charge >= 0.3 is 0 Å². The van der Waals surface area contributed by atoms with Crippen LogP contribution in [0.25, 0.3) is 0 Å². The zero-order valence-electron chi connectivity index (χ0n) is 11.5. The Bertz CT molecular complexity index is 522. The van der Waals surface area contributed by atoms with Crippen molar-refractivity contribution in [3.63, 3.8) is 0 Å². The Hall–Kier alpha value is -1.69. The molecule has 1 aliphatic carbocycles. The fourth-order valence-electron chi connectivity index (χ4n) is 3.40. The van der Waals surface area contributed by atoms with Crippen molar-refractivity contribution >= 4 is 11.7 Å². The largest absolute Gasteiger partial charge is 0.389 e. The monoisotopic (exact) mass is 276 g/mol. The first-order valence-electron chi connectivity index (χ1n) is 7.18. The van der Waals surface area contributed by atoms with Crippen molar-refractivity contribution in [2.24, 2.45) is 5.92 Å². The van der Waals surface area contributed by atoms with Crippen molar-refractivity contribution in [1.29, 1.82) is 0 Å². The second-order valence-electron chi connectivity index (χ2n) is 5.88. The Labute approximate surface area is 118 Å². The zero-order valence-corrected chi connectivity index (χ0v) is 11.5. The first-order valence-corrected chi connectivity index (χ1v) is 7.18. The van der Waals surface area contributed by atoms with E-state index < -0.39 is 5.60 Å². The van der Waals surface area contributed by atoms with Gasteiger partial charge in [-0.2, -0.15) is 0 Å². The summed E-state index contributed by atoms with van der Waals surface area (Å²) in [6.45, 7) is 1.17. The fraction of sp³-hybridized carbons (Fsp3) is 0.643. The van der Waals surface area contributed by atoms with Crippen LogP contribution in [0.3, 0.4) is 0 Å². The maximum absolute atomic E-state index is 12.4. The van der Waals surface area contributed by atoms with Crippen LogP contribution in [0.2, 0.25) is 0 Å². The third-order valence-corrected chi connectivity index (χ3v) is 4.59. The molecule has 20 heavy (non-hydrogen) atoms. The van der Waals surface area contributed by atoms with Crippen LogP contribution in [0.4, 0.5) is 5.82 Å². The molecule has 2 unspecified atom stereocenters. The molecule has 1 saturated heterocycles. The summed E-state index contributed by atoms with van der Waals surface area (Å²) in [5.74, 6) is 0.294. The molecule has 6 heteroatoms. The van der Waals surface area contributed by atoms with Crippen molar-refractivity contribution in [3.05, 3.63) is 18.1 Å². The zero-order chi connectivity index (χ0) is 14.2. The maximum Gasteiger partial charge on any atom is 0.274 e. The van der Waals surface area contributed by atoms with E-state index in [9.17, 15) is 9.90 Å². The lowest BCUT2D eigenvalue weighted by Gasteiger charge is -2.47. The van der Waals surface area contributed by atoms with Gasteiger partial charge in [-0.05, 0) is 19.3 Å². The molecule has 108 valence electrons. The van der Waals surface area contributed by atoms with E-state index in [0.717, 1.165) is 25.7 Å². The van der Waals surface area contributed by atoms with Crippen LogP contribution in [0, 0.1) is 5.92 Å². The van der Waals surface area contributed by atoms with Crippen LogP contribution < -0.4 is 5.73 Å². The quantitative estimate of drug-likeness (QED) is 0.792. The van der Waals surface area contributed by atoms with E-state index >= 15 is 0 Å². The number of likely N-dealkylation sites (tertiary alicyclic amines) is 1. The molecule has 0 radical (unpaired) electrons. The second kappa shape index (κ2) is 5.01. The summed E-state index contributed by atoms with van der Waals surface area (Å²) >= 11 is 0. The average Bonchev–Trinajstić information content (AvgIpc) is 2.45. The van der Waals surface area contributed by atoms with E-state index in [4.69, 9.17) is 5.73 Å². The number of carbonyl (C=O) groups excluding carboxylic acids is 1. The molecule has 1 aromatic heterocycles. The Morgan fingerprint density at radius 1 is 1.40 bits per heavy atom. The van der Waals surface area contributed by atoms with E-state index in [1.54, 1.807) is 4.90 Å². The molecule has 2 heterocycles. The van der Waals surface area contributed by atoms with Crippen LogP contribution in [-0.2, 0) is 0 Å². The number of fused-ring (bicyclic) bond motifs is 1. The molecule has 0 bridgehead atoms. The molecular formula is C14H20N4O2. The van der Waals surface area contributed by atoms with Gasteiger partial charge in [0.25, 0.3) is 5.91 Å². The van der Waals surface area contributed by atoms with Gasteiger partial charge in [0.15, 0.2) is 0 Å². The SMILES string of the molecule is Nc1cncc(C(=O)N2CCC3(O)CCCCC3C2)n1. The number of amides is 1. The van der Waals surface area contributed by atoms with Gasteiger partial charge in [-0.3, -0.25) is 9.78 Å². The van der Waals surface area contributed by atoms with Gasteiger partial charge in [0.1, 0.15) is 11.5 Å². The number of carbonyl (C=O) groups is 1. The molecule has 2 atom stereocenters. The third-order valence-electron chi connectivity index (χ3n) is 4.59. The van der Waals surface area contributed by atoms with Crippen LogP contribution in [0.15, 0.2) is 12.4 Å². The van der Waals surface area contributed by atoms with Crippen molar-refractivity contribution < 1.29 is 9.90 Å². The van der Waals surface area contributed by atoms with Crippen LogP contribution >= 0.6 is 0 Å². The van der Waals surface area contributed by atoms with Crippen molar-refractivity contribution in [3.8, 4) is 0 Å². The molecule has 0 aromatic carbocycles. The highest BCUT2D eigenvalue weighted by Crippen LogP contribution is 2.39. The van der Waals surface area contributed by atoms with Crippen molar-refractivity contribution in [1.82, 2.24) is 14.9 Å². The Kier molecular flexibility index (Phi) is 3.33. The molecule has 1 amide bonds. The molecule has 1 saturated carbocycles. The number of rotatable bonds is 1. The average molecular weight is 276 g/mol. The number of aromatic nitrogens is 2. The minimum absolute atomic E-state index is 0.141. The van der Waals surface area contributed by atoms with Gasteiger partial charge in [0.05, 0.1) is 18.0 Å². The number of hydrogen-bond acceptors (Lipinski definition) is 5. The predicted octanol–water partition coefficient (Wildman–Crippen LogP) is 0.826. The van der Waals surface area contributed by atoms with E-state index in [1.165, 1.54) is 12.4 Å². The molecule has 1 aromatic rings. The Morgan fingerprint density at radius 3 is 3.05 bits per heavy atom. The lowest BCUT2D eigenvalue weighted by Crippen LogP contribution is -2.54. The molecule has 2 fully saturated rings. The lowest BCUT2D eigenvalue weighted by atomic mass is 9.71. The fourth-order valence-corrected chi connectivity index (χ4v) is 3.40. The Balaban J connectivity index is 1.74. The van der Waals surface area contributed by atoms with Crippen LogP contribution in [0.5, 0.6) is 0 Å². The van der Waals surface area contributed by atoms with Crippen LogP contribution in [-0.4, -0.2) is 44.6 Å². The first-order chi connectivity index (χ1) is 9.58. The van der Waals surface area contributed by atoms with E-state index in [0.29, 0.717) is 19.5 Å². The van der Waals surface area contributed by atoms with Gasteiger partial charge < -0.3 is 15.7 Å². The van der Waals surface area contributed by atoms with Gasteiger partial charge in [-0.1, -0.05) is 12.8 Å². The van der Waals surface area contributed by atoms with Gasteiger partial charge in [-0.15, -0.1) is 0 Å². The third kappa shape index (κ3) is 2.35. The summed E-state index contributed by atoms with van der Waals surface area (Å²) in [6.07, 6.45) is 7.59. The molecule has 3 N–H and O–H groups in total. The highest BCUT2D eigenvalue weighted by atomic mass is 16.3. The number of piperidine rings is 1. The first kappa shape index (κ1) is 13.3. The lowest BCUT2D eigenvalue weighted by molar-refractivity contribution is -0.0886. The second-order valence-corrected chi connectivity index (χ2v) is 5.88. The number of anilines is 1. The maximum atomic E-state index is 12.4. The molecule has 2 aliphatic rings. The predicted molar refractivity (Wildman–Crippen MR) is 73.9 cm³/mol. The number of hydrogen-bond donors (Lipinski definition) is 2. The van der Waals surface area contributed by atoms with Crippen LogP contribution in [0.1, 0.15) is 42.6 Å². The van der Waals surface area contributed by atoms with Gasteiger partial charge in [0.2, 0.25) is 0 Å². The summed E-state index contributed by atoms with van der Waals surface area (Å²) in [6, 6.07) is 0. The molecule has 0 spiro atoms. The molecular weight excluding hydrogens is 256 g/mol. The summed E-state index contributed by atoms with van der Waals surface area (Å²) in [7, 11) is 0. The summed E-state index contributed by atoms with van der Waals surface area (Å²) in [5, 5.41) is 10.6. The van der Waals surface area contributed by atoms with Gasteiger partial charge in [-0.25, -0.2) is 4.98 Å². The normalized spacial score (nSPS) is 29.9. The molecule has 1 aliphatic heterocycles. The summed E-state index contributed by atoms with van der Waals surface area (Å²) in [5.41, 5.74) is 5.28. The minimum atomic E-state index is -0.573. The summed E-state index contributed by atoms with van der Waals surface area (Å²) in [4.78, 5) is 22.1. The Morgan fingerprint density at radius 2 is 2.25 bits per heavy atom. The number of nitrogen functional groups attached to an aromatic ring is 1. The topological polar surface area (TPSA) is 92.3 Å². The van der Waals surface area contributed by atoms with Crippen molar-refractivity contribution in [2.75, 3.05) is 18.8 Å². The highest BCUT2D eigenvalue weighted by Gasteiger charge is 2.43. The van der Waals surface area contributed by atoms with Crippen molar-refractivity contribution in [2.45, 2.75) is 37.7 Å². The molecule has 3 rings (SSSR count). The standard InChI is InChI=1S/C14H20N4O2/c15-12-8-16-7-11(17-12)13(19)18-6-5-14(20)4-2-1-3-10(14)9-18/h7-8,10,20H,1-6,9H2,(H2,15,17). The van der Waals surface area contributed by atoms with E-state index in [2.05, 4.69) is 9.97 Å². The number of nitrogens with zero attached hydrogens (tertiary/aromatic N) is 3. The molecule has 6 nitrogen and oxygen atoms in total. The number of nitrogens with two attached hydrogens (primary N) is 1. The minimum Gasteiger partial charge on any atom is -0.389 e. The van der Waals surface area contributed by atoms with Gasteiger partial charge in [0, 0.05) is 19.0 Å². The van der Waals surface area contributed by atoms with E-state index in [-0.39, 0.29) is 23.3 Å². The smallest absolute Gasteiger partial charge is 0.274 e. The summed E-state index contributed by atoms with van der Waals surface area (Å²) < 4.78 is 0. The number of aliphatic hydroxyl groups is 1. The highest BCUT2D eigenvalue weighted by molar-refractivity contribution is 5.92.